The number of hydrogen-bond donors (Lipinski definition) is 4. The van der Waals surface area contributed by atoms with Crippen LogP contribution in [0.5, 0.6) is 0 Å². The Morgan fingerprint density at radius 2 is 1.42 bits per heavy atom. The molecule has 0 aromatic heterocycles. The topological polar surface area (TPSA) is 149 Å². The van der Waals surface area contributed by atoms with Crippen molar-refractivity contribution in [1.29, 1.82) is 0 Å². The number of carboxylic acid groups (broad SMARTS) is 4. The Bertz CT molecular complexity index is 508. The highest BCUT2D eigenvalue weighted by atomic mass is 16.4. The molecule has 0 bridgehead atoms. The molecular weight excluding hydrogens is 320 g/mol. The minimum Gasteiger partial charge on any atom is -0.481 e. The predicted molar refractivity (Wildman–Crippen MR) is 83.5 cm³/mol. The van der Waals surface area contributed by atoms with E-state index in [1.807, 2.05) is 6.92 Å². The Labute approximate surface area is 139 Å². The summed E-state index contributed by atoms with van der Waals surface area (Å²) in [6.45, 7) is 3.42. The lowest BCUT2D eigenvalue weighted by Crippen LogP contribution is -2.28. The largest absolute Gasteiger partial charge is 0.481 e. The first-order chi connectivity index (χ1) is 11.1. The van der Waals surface area contributed by atoms with Crippen molar-refractivity contribution >= 4 is 23.9 Å². The van der Waals surface area contributed by atoms with Crippen LogP contribution in [0.2, 0.25) is 0 Å². The van der Waals surface area contributed by atoms with E-state index in [-0.39, 0.29) is 6.42 Å². The van der Waals surface area contributed by atoms with Gasteiger partial charge in [0.25, 0.3) is 0 Å². The van der Waals surface area contributed by atoms with Crippen molar-refractivity contribution in [3.05, 3.63) is 11.6 Å². The van der Waals surface area contributed by atoms with Crippen molar-refractivity contribution < 1.29 is 39.6 Å². The highest BCUT2D eigenvalue weighted by Crippen LogP contribution is 2.30. The third-order valence-electron chi connectivity index (χ3n) is 3.85. The van der Waals surface area contributed by atoms with Crippen LogP contribution in [0.25, 0.3) is 0 Å². The first-order valence-electron chi connectivity index (χ1n) is 7.68. The molecule has 0 saturated carbocycles. The average molecular weight is 344 g/mol. The predicted octanol–water partition coefficient (Wildman–Crippen LogP) is 2.09. The molecule has 4 N–H and O–H groups in total. The molecule has 0 fully saturated rings. The number of allylic oxidation sites excluding steroid dienone is 2. The zero-order valence-electron chi connectivity index (χ0n) is 13.8. The Hall–Kier alpha value is -2.38. The summed E-state index contributed by atoms with van der Waals surface area (Å²) < 4.78 is 0. The number of rotatable bonds is 12. The Morgan fingerprint density at radius 1 is 0.875 bits per heavy atom. The van der Waals surface area contributed by atoms with E-state index in [9.17, 15) is 29.4 Å². The molecule has 8 nitrogen and oxygen atoms in total. The van der Waals surface area contributed by atoms with E-state index in [0.717, 1.165) is 6.42 Å². The Kier molecular flexibility index (Phi) is 9.37. The number of carbonyl (C=O) groups is 4. The van der Waals surface area contributed by atoms with Crippen LogP contribution in [0.15, 0.2) is 11.6 Å². The second kappa shape index (κ2) is 10.4. The lowest BCUT2D eigenvalue weighted by atomic mass is 9.80. The van der Waals surface area contributed by atoms with Crippen LogP contribution in [0, 0.1) is 17.8 Å². The third-order valence-corrected chi connectivity index (χ3v) is 3.85. The first-order valence-corrected chi connectivity index (χ1v) is 7.68. The fraction of sp³-hybridized carbons (Fsp3) is 0.625. The summed E-state index contributed by atoms with van der Waals surface area (Å²) in [6, 6.07) is 0. The summed E-state index contributed by atoms with van der Waals surface area (Å²) in [4.78, 5) is 44.3. The van der Waals surface area contributed by atoms with Crippen molar-refractivity contribution in [2.75, 3.05) is 0 Å². The van der Waals surface area contributed by atoms with E-state index in [1.54, 1.807) is 6.08 Å². The number of aliphatic carboxylic acids is 4. The zero-order chi connectivity index (χ0) is 18.9. The SMILES string of the molecule is CCCC=C(CC(CC(=O)O)C(=O)O)C(C)C(CC(=O)O)C(=O)O. The molecule has 0 aromatic carbocycles. The van der Waals surface area contributed by atoms with Gasteiger partial charge in [-0.05, 0) is 18.8 Å². The van der Waals surface area contributed by atoms with Gasteiger partial charge in [-0.25, -0.2) is 0 Å². The van der Waals surface area contributed by atoms with Crippen molar-refractivity contribution in [2.24, 2.45) is 17.8 Å². The summed E-state index contributed by atoms with van der Waals surface area (Å²) in [5.41, 5.74) is 0.471. The van der Waals surface area contributed by atoms with Gasteiger partial charge in [-0.15, -0.1) is 0 Å². The van der Waals surface area contributed by atoms with Gasteiger partial charge in [0.15, 0.2) is 0 Å². The number of unbranched alkanes of at least 4 members (excludes halogenated alkanes) is 1. The fourth-order valence-corrected chi connectivity index (χ4v) is 2.45. The standard InChI is InChI=1S/C16H24O8/c1-3-4-5-10(6-11(15(21)22)7-13(17)18)9(2)12(16(23)24)8-14(19)20/h5,9,11-12H,3-4,6-8H2,1-2H3,(H,17,18)(H,19,20)(H,21,22)(H,23,24). The summed E-state index contributed by atoms with van der Waals surface area (Å²) in [6.07, 6.45) is 1.72. The molecule has 0 aromatic rings. The highest BCUT2D eigenvalue weighted by molar-refractivity contribution is 5.79. The van der Waals surface area contributed by atoms with Crippen LogP contribution in [0.1, 0.15) is 46.0 Å². The lowest BCUT2D eigenvalue weighted by molar-refractivity contribution is -0.150. The van der Waals surface area contributed by atoms with Crippen molar-refractivity contribution in [3.63, 3.8) is 0 Å². The molecule has 0 heterocycles. The van der Waals surface area contributed by atoms with Gasteiger partial charge >= 0.3 is 23.9 Å². The van der Waals surface area contributed by atoms with Crippen LogP contribution in [0.3, 0.4) is 0 Å². The first kappa shape index (κ1) is 21.6. The summed E-state index contributed by atoms with van der Waals surface area (Å²) in [7, 11) is 0. The maximum absolute atomic E-state index is 11.4. The van der Waals surface area contributed by atoms with E-state index in [4.69, 9.17) is 10.2 Å². The maximum Gasteiger partial charge on any atom is 0.307 e. The van der Waals surface area contributed by atoms with Gasteiger partial charge in [0.05, 0.1) is 24.7 Å². The van der Waals surface area contributed by atoms with Gasteiger partial charge < -0.3 is 20.4 Å². The molecule has 0 aliphatic carbocycles. The third kappa shape index (κ3) is 7.75. The molecule has 8 heteroatoms. The number of hydrogen-bond acceptors (Lipinski definition) is 4. The molecule has 3 unspecified atom stereocenters. The molecular formula is C16H24O8. The van der Waals surface area contributed by atoms with Crippen LogP contribution in [-0.2, 0) is 19.2 Å². The second-order valence-corrected chi connectivity index (χ2v) is 5.74. The quantitative estimate of drug-likeness (QED) is 0.393. The van der Waals surface area contributed by atoms with E-state index < -0.39 is 54.5 Å². The molecule has 3 atom stereocenters. The van der Waals surface area contributed by atoms with Gasteiger partial charge in [-0.3, -0.25) is 19.2 Å². The summed E-state index contributed by atoms with van der Waals surface area (Å²) in [5, 5.41) is 36.1. The Balaban J connectivity index is 5.49. The fourth-order valence-electron chi connectivity index (χ4n) is 2.45. The second-order valence-electron chi connectivity index (χ2n) is 5.74. The van der Waals surface area contributed by atoms with Crippen LogP contribution in [0.4, 0.5) is 0 Å². The van der Waals surface area contributed by atoms with Crippen LogP contribution in [-0.4, -0.2) is 44.3 Å². The molecule has 0 aliphatic heterocycles. The van der Waals surface area contributed by atoms with E-state index >= 15 is 0 Å². The van der Waals surface area contributed by atoms with Gasteiger partial charge in [-0.1, -0.05) is 31.9 Å². The van der Waals surface area contributed by atoms with E-state index in [1.165, 1.54) is 6.92 Å². The smallest absolute Gasteiger partial charge is 0.307 e. The van der Waals surface area contributed by atoms with Crippen molar-refractivity contribution in [3.8, 4) is 0 Å². The lowest BCUT2D eigenvalue weighted by Gasteiger charge is -2.24. The van der Waals surface area contributed by atoms with Gasteiger partial charge in [0, 0.05) is 0 Å². The molecule has 0 spiro atoms. The van der Waals surface area contributed by atoms with Crippen molar-refractivity contribution in [2.45, 2.75) is 46.0 Å². The highest BCUT2D eigenvalue weighted by Gasteiger charge is 2.32. The van der Waals surface area contributed by atoms with Crippen LogP contribution < -0.4 is 0 Å². The van der Waals surface area contributed by atoms with Gasteiger partial charge in [0.2, 0.25) is 0 Å². The van der Waals surface area contributed by atoms with Crippen LogP contribution >= 0.6 is 0 Å². The monoisotopic (exact) mass is 344 g/mol. The molecule has 0 aliphatic rings. The molecule has 0 saturated heterocycles. The Morgan fingerprint density at radius 3 is 1.79 bits per heavy atom. The van der Waals surface area contributed by atoms with Gasteiger partial charge in [0.1, 0.15) is 0 Å². The zero-order valence-corrected chi connectivity index (χ0v) is 13.8. The van der Waals surface area contributed by atoms with E-state index in [2.05, 4.69) is 0 Å². The normalized spacial score (nSPS) is 15.3. The molecule has 0 amide bonds. The minimum atomic E-state index is -1.28. The minimum absolute atomic E-state index is 0.119. The maximum atomic E-state index is 11.4. The molecule has 24 heavy (non-hydrogen) atoms. The van der Waals surface area contributed by atoms with Gasteiger partial charge in [-0.2, -0.15) is 0 Å². The van der Waals surface area contributed by atoms with E-state index in [0.29, 0.717) is 12.0 Å². The van der Waals surface area contributed by atoms with Crippen molar-refractivity contribution in [1.82, 2.24) is 0 Å². The summed E-state index contributed by atoms with van der Waals surface area (Å²) in [5.74, 6) is -8.18. The average Bonchev–Trinajstić information content (AvgIpc) is 2.46. The molecule has 136 valence electrons. The molecule has 0 radical (unpaired) electrons. The summed E-state index contributed by atoms with van der Waals surface area (Å²) >= 11 is 0. The number of carboxylic acids is 4. The molecule has 0 rings (SSSR count).